The van der Waals surface area contributed by atoms with E-state index in [0.717, 1.165) is 89.9 Å². The fourth-order valence-electron chi connectivity index (χ4n) is 4.58. The van der Waals surface area contributed by atoms with Gasteiger partial charge in [-0.15, -0.1) is 0 Å². The van der Waals surface area contributed by atoms with Crippen LogP contribution in [-0.4, -0.2) is 65.7 Å². The Kier molecular flexibility index (Phi) is 35.5. The second-order valence-electron chi connectivity index (χ2n) is 12.5. The maximum atomic E-state index is 12.6. The molecule has 0 saturated carbocycles. The number of allylic oxidation sites excluding steroid dienone is 14. The number of phosphoric acid groups is 1. The van der Waals surface area contributed by atoms with E-state index in [9.17, 15) is 24.2 Å². The molecule has 0 aromatic rings. The molecule has 0 aromatic carbocycles. The molecule has 0 spiro atoms. The van der Waals surface area contributed by atoms with Crippen molar-refractivity contribution in [2.45, 2.75) is 142 Å². The van der Waals surface area contributed by atoms with E-state index in [1.807, 2.05) is 0 Å². The number of aliphatic hydroxyl groups is 2. The molecular formula is C42H69O10P. The fourth-order valence-corrected chi connectivity index (χ4v) is 5.37. The van der Waals surface area contributed by atoms with Gasteiger partial charge in [-0.2, -0.15) is 0 Å². The summed E-state index contributed by atoms with van der Waals surface area (Å²) in [5.74, 6) is -1.00. The van der Waals surface area contributed by atoms with Crippen LogP contribution >= 0.6 is 7.82 Å². The van der Waals surface area contributed by atoms with Crippen molar-refractivity contribution in [3.63, 3.8) is 0 Å². The van der Waals surface area contributed by atoms with E-state index in [4.69, 9.17) is 19.1 Å². The summed E-state index contributed by atoms with van der Waals surface area (Å²) in [4.78, 5) is 34.9. The first-order valence-corrected chi connectivity index (χ1v) is 21.0. The van der Waals surface area contributed by atoms with Gasteiger partial charge in [-0.05, 0) is 83.5 Å². The topological polar surface area (TPSA) is 149 Å². The zero-order valence-electron chi connectivity index (χ0n) is 32.4. The molecule has 0 fully saturated rings. The van der Waals surface area contributed by atoms with E-state index in [0.29, 0.717) is 12.8 Å². The molecule has 0 aromatic heterocycles. The Morgan fingerprint density at radius 2 is 0.981 bits per heavy atom. The Labute approximate surface area is 320 Å². The van der Waals surface area contributed by atoms with Crippen LogP contribution in [0.25, 0.3) is 0 Å². The highest BCUT2D eigenvalue weighted by molar-refractivity contribution is 7.47. The van der Waals surface area contributed by atoms with Crippen LogP contribution in [0.3, 0.4) is 0 Å². The molecule has 11 heteroatoms. The Hall–Kier alpha value is -2.85. The number of unbranched alkanes of at least 4 members (excludes halogenated alkanes) is 7. The van der Waals surface area contributed by atoms with Gasteiger partial charge < -0.3 is 24.6 Å². The van der Waals surface area contributed by atoms with Crippen molar-refractivity contribution in [1.29, 1.82) is 0 Å². The van der Waals surface area contributed by atoms with Crippen LogP contribution in [0.15, 0.2) is 85.1 Å². The summed E-state index contributed by atoms with van der Waals surface area (Å²) < 4.78 is 32.6. The van der Waals surface area contributed by atoms with Crippen molar-refractivity contribution in [3.8, 4) is 0 Å². The number of carbonyl (C=O) groups excluding carboxylic acids is 2. The molecule has 0 aliphatic heterocycles. The van der Waals surface area contributed by atoms with Gasteiger partial charge in [-0.25, -0.2) is 4.57 Å². The molecule has 0 aliphatic rings. The summed E-state index contributed by atoms with van der Waals surface area (Å²) in [6, 6.07) is 0. The van der Waals surface area contributed by atoms with Gasteiger partial charge in [-0.3, -0.25) is 18.6 Å². The lowest BCUT2D eigenvalue weighted by atomic mass is 10.1. The highest BCUT2D eigenvalue weighted by Gasteiger charge is 2.27. The zero-order valence-corrected chi connectivity index (χ0v) is 33.3. The summed E-state index contributed by atoms with van der Waals surface area (Å²) >= 11 is 0. The quantitative estimate of drug-likeness (QED) is 0.0246. The van der Waals surface area contributed by atoms with Crippen LogP contribution in [0.2, 0.25) is 0 Å². The Morgan fingerprint density at radius 3 is 1.51 bits per heavy atom. The Morgan fingerprint density at radius 1 is 0.566 bits per heavy atom. The minimum atomic E-state index is -4.63. The number of carbonyl (C=O) groups is 2. The smallest absolute Gasteiger partial charge is 0.462 e. The van der Waals surface area contributed by atoms with Gasteiger partial charge >= 0.3 is 19.8 Å². The third kappa shape index (κ3) is 37.3. The van der Waals surface area contributed by atoms with E-state index in [1.54, 1.807) is 0 Å². The van der Waals surface area contributed by atoms with Crippen molar-refractivity contribution in [2.24, 2.45) is 0 Å². The van der Waals surface area contributed by atoms with E-state index in [1.165, 1.54) is 0 Å². The van der Waals surface area contributed by atoms with E-state index in [-0.39, 0.29) is 19.4 Å². The highest BCUT2D eigenvalue weighted by atomic mass is 31.2. The first-order chi connectivity index (χ1) is 25.7. The molecule has 0 bridgehead atoms. The van der Waals surface area contributed by atoms with Gasteiger partial charge in [0.2, 0.25) is 0 Å². The van der Waals surface area contributed by atoms with E-state index >= 15 is 0 Å². The monoisotopic (exact) mass is 764 g/mol. The molecule has 0 saturated heterocycles. The van der Waals surface area contributed by atoms with Crippen LogP contribution in [0.1, 0.15) is 129 Å². The van der Waals surface area contributed by atoms with Crippen LogP contribution in [-0.2, 0) is 32.7 Å². The average molecular weight is 765 g/mol. The van der Waals surface area contributed by atoms with Crippen molar-refractivity contribution in [3.05, 3.63) is 85.1 Å². The number of phosphoric ester groups is 1. The number of hydrogen-bond acceptors (Lipinski definition) is 9. The zero-order chi connectivity index (χ0) is 39.1. The number of rotatable bonds is 35. The summed E-state index contributed by atoms with van der Waals surface area (Å²) in [7, 11) is -4.63. The molecule has 3 atom stereocenters. The molecule has 0 amide bonds. The normalized spacial score (nSPS) is 14.9. The van der Waals surface area contributed by atoms with Gasteiger partial charge in [0, 0.05) is 12.8 Å². The van der Waals surface area contributed by atoms with Gasteiger partial charge in [0.15, 0.2) is 6.10 Å². The SMILES string of the molecule is CC/C=C\C/C=C\C/C=C\C/C=C\CCCCC(=O)OC[C@H](COP(=O)(O)OC[C@@H](O)CO)OC(=O)CCCCCCC/C=C\C/C=C\C/C=C\CC. The lowest BCUT2D eigenvalue weighted by Crippen LogP contribution is -2.29. The molecule has 10 nitrogen and oxygen atoms in total. The maximum Gasteiger partial charge on any atom is 0.472 e. The Bertz CT molecular complexity index is 1150. The molecule has 0 heterocycles. The van der Waals surface area contributed by atoms with Gasteiger partial charge in [0.1, 0.15) is 12.7 Å². The summed E-state index contributed by atoms with van der Waals surface area (Å²) in [6.45, 7) is 2.05. The van der Waals surface area contributed by atoms with Crippen molar-refractivity contribution in [2.75, 3.05) is 26.4 Å². The molecule has 3 N–H and O–H groups in total. The number of esters is 2. The van der Waals surface area contributed by atoms with Crippen molar-refractivity contribution in [1.82, 2.24) is 0 Å². The van der Waals surface area contributed by atoms with E-state index < -0.39 is 51.8 Å². The van der Waals surface area contributed by atoms with Crippen LogP contribution in [0.4, 0.5) is 0 Å². The van der Waals surface area contributed by atoms with Gasteiger partial charge in [-0.1, -0.05) is 118 Å². The predicted octanol–water partition coefficient (Wildman–Crippen LogP) is 9.88. The summed E-state index contributed by atoms with van der Waals surface area (Å²) in [5, 5.41) is 18.3. The first kappa shape index (κ1) is 50.1. The maximum absolute atomic E-state index is 12.6. The second-order valence-corrected chi connectivity index (χ2v) is 14.0. The van der Waals surface area contributed by atoms with E-state index in [2.05, 4.69) is 103 Å². The summed E-state index contributed by atoms with van der Waals surface area (Å²) in [6.07, 6.45) is 42.7. The Balaban J connectivity index is 4.48. The largest absolute Gasteiger partial charge is 0.472 e. The molecule has 0 rings (SSSR count). The minimum Gasteiger partial charge on any atom is -0.462 e. The number of hydrogen-bond donors (Lipinski definition) is 3. The number of ether oxygens (including phenoxy) is 2. The van der Waals surface area contributed by atoms with Gasteiger partial charge in [0.25, 0.3) is 0 Å². The molecule has 1 unspecified atom stereocenters. The molecule has 0 aliphatic carbocycles. The second kappa shape index (κ2) is 37.5. The van der Waals surface area contributed by atoms with Crippen LogP contribution in [0, 0.1) is 0 Å². The molecule has 53 heavy (non-hydrogen) atoms. The van der Waals surface area contributed by atoms with Crippen molar-refractivity contribution < 1.29 is 47.8 Å². The highest BCUT2D eigenvalue weighted by Crippen LogP contribution is 2.43. The predicted molar refractivity (Wildman–Crippen MR) is 214 cm³/mol. The lowest BCUT2D eigenvalue weighted by molar-refractivity contribution is -0.161. The molecule has 0 radical (unpaired) electrons. The summed E-state index contributed by atoms with van der Waals surface area (Å²) in [5.41, 5.74) is 0. The van der Waals surface area contributed by atoms with Crippen LogP contribution < -0.4 is 0 Å². The fraction of sp³-hybridized carbons (Fsp3) is 0.619. The minimum absolute atomic E-state index is 0.150. The van der Waals surface area contributed by atoms with Crippen LogP contribution in [0.5, 0.6) is 0 Å². The molecular weight excluding hydrogens is 695 g/mol. The van der Waals surface area contributed by atoms with Crippen molar-refractivity contribution >= 4 is 19.8 Å². The third-order valence-corrected chi connectivity index (χ3v) is 8.50. The lowest BCUT2D eigenvalue weighted by Gasteiger charge is -2.20. The standard InChI is InChI=1S/C42H69O10P/c1-3-5-7-9-11-13-15-17-19-21-23-25-27-29-31-33-41(45)49-37-40(38-51-53(47,48)50-36-39(44)35-43)52-42(46)34-32-30-28-26-24-22-20-18-16-14-12-10-8-6-4-2/h5-8,11-14,17-20,23,25,39-40,43-44H,3-4,9-10,15-16,21-22,24,26-38H2,1-2H3,(H,47,48)/b7-5-,8-6-,13-11-,14-12-,19-17-,20-18-,25-23-/t39-,40+/m0/s1. The third-order valence-electron chi connectivity index (χ3n) is 7.54. The number of aliphatic hydroxyl groups excluding tert-OH is 2. The average Bonchev–Trinajstić information content (AvgIpc) is 3.14. The van der Waals surface area contributed by atoms with Gasteiger partial charge in [0.05, 0.1) is 19.8 Å². The first-order valence-electron chi connectivity index (χ1n) is 19.5. The molecule has 302 valence electrons.